The number of hydrogen-bond donors (Lipinski definition) is 1. The summed E-state index contributed by atoms with van der Waals surface area (Å²) in [5, 5.41) is 8.75. The number of rotatable bonds is 6. The molecular weight excluding hydrogens is 296 g/mol. The van der Waals surface area contributed by atoms with Gasteiger partial charge in [0.15, 0.2) is 0 Å². The van der Waals surface area contributed by atoms with Crippen LogP contribution in [0.1, 0.15) is 25.3 Å². The van der Waals surface area contributed by atoms with Crippen molar-refractivity contribution < 1.29 is 19.5 Å². The molecule has 0 atom stereocenters. The summed E-state index contributed by atoms with van der Waals surface area (Å²) < 4.78 is 0. The van der Waals surface area contributed by atoms with Crippen LogP contribution < -0.4 is 4.90 Å². The Morgan fingerprint density at radius 1 is 1.30 bits per heavy atom. The van der Waals surface area contributed by atoms with Gasteiger partial charge in [0.1, 0.15) is 6.54 Å². The second-order valence-electron chi connectivity index (χ2n) is 5.32. The number of amides is 2. The second-order valence-corrected chi connectivity index (χ2v) is 5.32. The molecule has 23 heavy (non-hydrogen) atoms. The molecule has 2 rings (SSSR count). The largest absolute Gasteiger partial charge is 0.480 e. The maximum absolute atomic E-state index is 11.9. The van der Waals surface area contributed by atoms with Crippen LogP contribution >= 0.6 is 0 Å². The quantitative estimate of drug-likeness (QED) is 0.811. The summed E-state index contributed by atoms with van der Waals surface area (Å²) in [5.41, 5.74) is 1.68. The molecule has 1 aromatic carbocycles. The summed E-state index contributed by atoms with van der Waals surface area (Å²) in [4.78, 5) is 37.3. The highest BCUT2D eigenvalue weighted by atomic mass is 16.4. The van der Waals surface area contributed by atoms with Crippen molar-refractivity contribution in [1.29, 1.82) is 0 Å². The zero-order chi connectivity index (χ0) is 16.8. The molecule has 6 nitrogen and oxygen atoms in total. The number of likely N-dealkylation sites (N-methyl/N-ethyl adjacent to an activating group) is 1. The molecule has 0 aromatic heterocycles. The molecule has 6 heteroatoms. The fraction of sp³-hybridized carbons (Fsp3) is 0.353. The van der Waals surface area contributed by atoms with Gasteiger partial charge in [0, 0.05) is 31.3 Å². The SMILES string of the molecule is CCN(CC(=O)O)C(=O)C=Cc1ccc(N2CCCC2=O)cc1. The Labute approximate surface area is 135 Å². The van der Waals surface area contributed by atoms with E-state index in [-0.39, 0.29) is 18.4 Å². The number of carboxylic acids is 1. The number of carbonyl (C=O) groups is 3. The predicted octanol–water partition coefficient (Wildman–Crippen LogP) is 1.76. The van der Waals surface area contributed by atoms with Crippen LogP contribution in [-0.2, 0) is 14.4 Å². The molecule has 0 spiro atoms. The van der Waals surface area contributed by atoms with Crippen molar-refractivity contribution in [1.82, 2.24) is 4.90 Å². The summed E-state index contributed by atoms with van der Waals surface area (Å²) in [6, 6.07) is 7.36. The molecule has 1 aliphatic rings. The molecule has 0 bridgehead atoms. The lowest BCUT2D eigenvalue weighted by Crippen LogP contribution is -2.34. The van der Waals surface area contributed by atoms with Crippen molar-refractivity contribution in [2.75, 3.05) is 24.5 Å². The first-order chi connectivity index (χ1) is 11.0. The Morgan fingerprint density at radius 3 is 2.52 bits per heavy atom. The van der Waals surface area contributed by atoms with Gasteiger partial charge in [0.25, 0.3) is 0 Å². The van der Waals surface area contributed by atoms with E-state index < -0.39 is 5.97 Å². The molecule has 1 N–H and O–H groups in total. The molecule has 1 saturated heterocycles. The maximum Gasteiger partial charge on any atom is 0.323 e. The number of hydrogen-bond acceptors (Lipinski definition) is 3. The van der Waals surface area contributed by atoms with Gasteiger partial charge < -0.3 is 14.9 Å². The van der Waals surface area contributed by atoms with Gasteiger partial charge in [-0.2, -0.15) is 0 Å². The summed E-state index contributed by atoms with van der Waals surface area (Å²) >= 11 is 0. The molecule has 0 radical (unpaired) electrons. The minimum atomic E-state index is -1.03. The van der Waals surface area contributed by atoms with Gasteiger partial charge >= 0.3 is 5.97 Å². The average Bonchev–Trinajstić information content (AvgIpc) is 2.96. The molecule has 0 aliphatic carbocycles. The Hall–Kier alpha value is -2.63. The highest BCUT2D eigenvalue weighted by molar-refractivity contribution is 5.96. The van der Waals surface area contributed by atoms with Crippen molar-refractivity contribution in [2.24, 2.45) is 0 Å². The van der Waals surface area contributed by atoms with Gasteiger partial charge in [0.05, 0.1) is 0 Å². The molecule has 1 fully saturated rings. The van der Waals surface area contributed by atoms with Crippen molar-refractivity contribution in [3.63, 3.8) is 0 Å². The zero-order valence-electron chi connectivity index (χ0n) is 13.1. The molecule has 1 heterocycles. The number of anilines is 1. The van der Waals surface area contributed by atoms with E-state index in [9.17, 15) is 14.4 Å². The second kappa shape index (κ2) is 7.58. The third-order valence-electron chi connectivity index (χ3n) is 3.72. The monoisotopic (exact) mass is 316 g/mol. The summed E-state index contributed by atoms with van der Waals surface area (Å²) in [6.45, 7) is 2.50. The zero-order valence-corrected chi connectivity index (χ0v) is 13.1. The fourth-order valence-electron chi connectivity index (χ4n) is 2.47. The van der Waals surface area contributed by atoms with Gasteiger partial charge in [-0.25, -0.2) is 0 Å². The van der Waals surface area contributed by atoms with E-state index in [2.05, 4.69) is 0 Å². The standard InChI is InChI=1S/C17H20N2O4/c1-2-18(12-17(22)23)15(20)10-7-13-5-8-14(9-6-13)19-11-3-4-16(19)21/h5-10H,2-4,11-12H2,1H3,(H,22,23). The fourth-order valence-corrected chi connectivity index (χ4v) is 2.47. The lowest BCUT2D eigenvalue weighted by Gasteiger charge is -2.16. The first kappa shape index (κ1) is 16.7. The van der Waals surface area contributed by atoms with Crippen LogP contribution in [0.15, 0.2) is 30.3 Å². The molecule has 0 saturated carbocycles. The maximum atomic E-state index is 11.9. The van der Waals surface area contributed by atoms with E-state index in [1.165, 1.54) is 11.0 Å². The van der Waals surface area contributed by atoms with Crippen molar-refractivity contribution in [3.8, 4) is 0 Å². The van der Waals surface area contributed by atoms with Gasteiger partial charge in [-0.1, -0.05) is 12.1 Å². The van der Waals surface area contributed by atoms with E-state index in [1.54, 1.807) is 17.9 Å². The highest BCUT2D eigenvalue weighted by Crippen LogP contribution is 2.21. The van der Waals surface area contributed by atoms with E-state index >= 15 is 0 Å². The normalized spacial score (nSPS) is 14.5. The lowest BCUT2D eigenvalue weighted by atomic mass is 10.2. The van der Waals surface area contributed by atoms with Gasteiger partial charge in [-0.15, -0.1) is 0 Å². The van der Waals surface area contributed by atoms with Crippen molar-refractivity contribution in [3.05, 3.63) is 35.9 Å². The van der Waals surface area contributed by atoms with Crippen molar-refractivity contribution in [2.45, 2.75) is 19.8 Å². The Kier molecular flexibility index (Phi) is 5.51. The van der Waals surface area contributed by atoms with E-state index in [0.717, 1.165) is 24.2 Å². The predicted molar refractivity (Wildman–Crippen MR) is 87.0 cm³/mol. The lowest BCUT2D eigenvalue weighted by molar-refractivity contribution is -0.142. The van der Waals surface area contributed by atoms with Crippen LogP contribution in [0.25, 0.3) is 6.08 Å². The first-order valence-electron chi connectivity index (χ1n) is 7.60. The van der Waals surface area contributed by atoms with Crippen LogP contribution in [0.3, 0.4) is 0 Å². The molecule has 0 unspecified atom stereocenters. The van der Waals surface area contributed by atoms with Gasteiger partial charge in [-0.05, 0) is 37.1 Å². The Bertz CT molecular complexity index is 622. The topological polar surface area (TPSA) is 77.9 Å². The molecule has 1 aromatic rings. The van der Waals surface area contributed by atoms with E-state index in [4.69, 9.17) is 5.11 Å². The van der Waals surface area contributed by atoms with E-state index in [1.807, 2.05) is 24.3 Å². The third-order valence-corrected chi connectivity index (χ3v) is 3.72. The van der Waals surface area contributed by atoms with Crippen LogP contribution in [0, 0.1) is 0 Å². The van der Waals surface area contributed by atoms with E-state index in [0.29, 0.717) is 13.0 Å². The average molecular weight is 316 g/mol. The molecule has 1 aliphatic heterocycles. The summed E-state index contributed by atoms with van der Waals surface area (Å²) in [6.07, 6.45) is 4.48. The number of carbonyl (C=O) groups excluding carboxylic acids is 2. The van der Waals surface area contributed by atoms with Crippen molar-refractivity contribution >= 4 is 29.5 Å². The van der Waals surface area contributed by atoms with Crippen LogP contribution in [0.5, 0.6) is 0 Å². The number of benzene rings is 1. The Balaban J connectivity index is 2.01. The number of nitrogens with zero attached hydrogens (tertiary/aromatic N) is 2. The summed E-state index contributed by atoms with van der Waals surface area (Å²) in [7, 11) is 0. The van der Waals surface area contributed by atoms with Gasteiger partial charge in [0.2, 0.25) is 11.8 Å². The molecular formula is C17H20N2O4. The van der Waals surface area contributed by atoms with Gasteiger partial charge in [-0.3, -0.25) is 14.4 Å². The first-order valence-corrected chi connectivity index (χ1v) is 7.60. The Morgan fingerprint density at radius 2 is 2.00 bits per heavy atom. The molecule has 122 valence electrons. The van der Waals surface area contributed by atoms with Crippen LogP contribution in [0.2, 0.25) is 0 Å². The smallest absolute Gasteiger partial charge is 0.323 e. The minimum absolute atomic E-state index is 0.135. The summed E-state index contributed by atoms with van der Waals surface area (Å²) in [5.74, 6) is -1.24. The van der Waals surface area contributed by atoms with Crippen LogP contribution in [-0.4, -0.2) is 47.4 Å². The minimum Gasteiger partial charge on any atom is -0.480 e. The third kappa shape index (κ3) is 4.42. The number of aliphatic carboxylic acids is 1. The molecule has 2 amide bonds. The number of carboxylic acid groups (broad SMARTS) is 1. The highest BCUT2D eigenvalue weighted by Gasteiger charge is 2.21. The van der Waals surface area contributed by atoms with Crippen LogP contribution in [0.4, 0.5) is 5.69 Å².